The van der Waals surface area contributed by atoms with Gasteiger partial charge >= 0.3 is 28.7 Å². The van der Waals surface area contributed by atoms with Gasteiger partial charge in [0.1, 0.15) is 24.1 Å². The molecule has 1 aliphatic rings. The Hall–Kier alpha value is -0.990. The normalized spacial score (nSPS) is 29.3. The number of ether oxygens (including phenoxy) is 1. The zero-order valence-corrected chi connectivity index (χ0v) is 16.9. The molecule has 0 aromatic carbocycles. The largest absolute Gasteiger partial charge is 0.476 e. The minimum Gasteiger partial charge on any atom is -0.387 e. The molecule has 0 aliphatic carbocycles. The molecule has 0 radical (unpaired) electrons. The number of aliphatic hydroxyl groups is 2. The summed E-state index contributed by atoms with van der Waals surface area (Å²) in [6, 6.07) is 1.22. The minimum absolute atomic E-state index is 0.105. The minimum atomic E-state index is -5.43. The van der Waals surface area contributed by atoms with Gasteiger partial charge in [-0.3, -0.25) is 13.7 Å². The van der Waals surface area contributed by atoms with Gasteiger partial charge in [-0.15, -0.1) is 0 Å². The van der Waals surface area contributed by atoms with E-state index in [4.69, 9.17) is 20.3 Å². The van der Waals surface area contributed by atoms with Crippen LogP contribution < -0.4 is 11.4 Å². The van der Waals surface area contributed by atoms with Crippen LogP contribution in [0.2, 0.25) is 0 Å². The van der Waals surface area contributed by atoms with E-state index in [9.17, 15) is 38.5 Å². The van der Waals surface area contributed by atoms with Crippen LogP contribution in [0, 0.1) is 0 Å². The lowest BCUT2D eigenvalue weighted by molar-refractivity contribution is -0.0523. The summed E-state index contributed by atoms with van der Waals surface area (Å²) >= 11 is 0. The summed E-state index contributed by atoms with van der Waals surface area (Å²) in [7, 11) is -15.6. The summed E-state index contributed by atoms with van der Waals surface area (Å²) in [5.41, 5.74) is 4.43. The van der Waals surface area contributed by atoms with Crippen LogP contribution in [0.4, 0.5) is 5.82 Å². The highest BCUT2D eigenvalue weighted by molar-refractivity contribution is 7.74. The number of nitrogens with two attached hydrogens (primary N) is 1. The molecular weight excluding hydrogens is 463 g/mol. The van der Waals surface area contributed by atoms with Crippen molar-refractivity contribution in [2.24, 2.45) is 0 Å². The van der Waals surface area contributed by atoms with E-state index >= 15 is 0 Å². The summed E-state index contributed by atoms with van der Waals surface area (Å²) in [5.74, 6) is -1.77. The molecule has 2 unspecified atom stereocenters. The number of anilines is 1. The van der Waals surface area contributed by atoms with Crippen LogP contribution in [0.15, 0.2) is 17.1 Å². The van der Waals surface area contributed by atoms with Crippen molar-refractivity contribution in [1.29, 1.82) is 0 Å². The number of nitrogen functional groups attached to an aromatic ring is 1. The van der Waals surface area contributed by atoms with E-state index < -0.39 is 65.8 Å². The third-order valence-corrected chi connectivity index (χ3v) is 8.78. The molecule has 1 aromatic heterocycles. The molecule has 29 heavy (non-hydrogen) atoms. The van der Waals surface area contributed by atoms with Crippen molar-refractivity contribution in [3.05, 3.63) is 22.7 Å². The van der Waals surface area contributed by atoms with Crippen molar-refractivity contribution in [1.82, 2.24) is 9.55 Å². The Morgan fingerprint density at radius 3 is 2.31 bits per heavy atom. The second kappa shape index (κ2) is 8.63. The van der Waals surface area contributed by atoms with E-state index in [0.29, 0.717) is 0 Å². The van der Waals surface area contributed by atoms with E-state index in [0.717, 1.165) is 10.8 Å². The second-order valence-corrected chi connectivity index (χ2v) is 11.4. The molecule has 0 spiro atoms. The first kappa shape index (κ1) is 24.3. The predicted molar refractivity (Wildman–Crippen MR) is 92.4 cm³/mol. The Morgan fingerprint density at radius 1 is 1.14 bits per heavy atom. The Bertz CT molecular complexity index is 946. The van der Waals surface area contributed by atoms with Gasteiger partial charge in [0.15, 0.2) is 12.1 Å². The smallest absolute Gasteiger partial charge is 0.387 e. The van der Waals surface area contributed by atoms with Crippen molar-refractivity contribution >= 4 is 28.8 Å². The highest BCUT2D eigenvalue weighted by atomic mass is 31.3. The van der Waals surface area contributed by atoms with Gasteiger partial charge < -0.3 is 44.8 Å². The Kier molecular flexibility index (Phi) is 7.23. The average molecular weight is 481 g/mol. The maximum atomic E-state index is 11.9. The first-order valence-corrected chi connectivity index (χ1v) is 12.6. The van der Waals surface area contributed by atoms with E-state index in [1.165, 1.54) is 6.07 Å². The maximum absolute atomic E-state index is 11.9. The third kappa shape index (κ3) is 6.76. The summed E-state index contributed by atoms with van der Waals surface area (Å²) in [6.07, 6.45) is -5.14. The van der Waals surface area contributed by atoms with Gasteiger partial charge in [0.2, 0.25) is 0 Å². The molecule has 1 saturated heterocycles. The topological polar surface area (TPSA) is 261 Å². The molecule has 16 nitrogen and oxygen atoms in total. The fourth-order valence-electron chi connectivity index (χ4n) is 2.36. The lowest BCUT2D eigenvalue weighted by Crippen LogP contribution is -2.36. The highest BCUT2D eigenvalue weighted by Crippen LogP contribution is 2.64. The van der Waals surface area contributed by atoms with Crippen molar-refractivity contribution in [3.63, 3.8) is 0 Å². The fraction of sp³-hybridized carbons (Fsp3) is 0.600. The number of aliphatic hydroxyl groups excluding tert-OH is 2. The first-order valence-electron chi connectivity index (χ1n) is 7.51. The Balaban J connectivity index is 2.05. The molecule has 8 N–H and O–H groups in total. The number of rotatable bonds is 8. The highest BCUT2D eigenvalue weighted by Gasteiger charge is 2.46. The summed E-state index contributed by atoms with van der Waals surface area (Å²) in [5, 5.41) is 20.0. The van der Waals surface area contributed by atoms with Crippen molar-refractivity contribution in [2.45, 2.75) is 24.5 Å². The summed E-state index contributed by atoms with van der Waals surface area (Å²) in [6.45, 7) is -0.893. The number of hydrogen-bond donors (Lipinski definition) is 7. The maximum Gasteiger partial charge on any atom is 0.476 e. The summed E-state index contributed by atoms with van der Waals surface area (Å²) < 4.78 is 48.2. The monoisotopic (exact) mass is 481 g/mol. The zero-order chi connectivity index (χ0) is 22.2. The molecule has 1 fully saturated rings. The van der Waals surface area contributed by atoms with Gasteiger partial charge in [0.25, 0.3) is 0 Å². The molecule has 2 rings (SSSR count). The number of phosphoric acid groups is 1. The van der Waals surface area contributed by atoms with Crippen LogP contribution in [0.1, 0.15) is 6.23 Å². The lowest BCUT2D eigenvalue weighted by atomic mass is 10.1. The number of hydrogen-bond acceptors (Lipinski definition) is 11. The van der Waals surface area contributed by atoms with Gasteiger partial charge in [0, 0.05) is 6.20 Å². The molecule has 166 valence electrons. The van der Waals surface area contributed by atoms with Gasteiger partial charge in [-0.05, 0) is 6.07 Å². The molecule has 1 aliphatic heterocycles. The lowest BCUT2D eigenvalue weighted by Gasteiger charge is -2.19. The second-order valence-electron chi connectivity index (χ2n) is 5.87. The van der Waals surface area contributed by atoms with E-state index in [1.807, 2.05) is 0 Å². The van der Waals surface area contributed by atoms with Crippen LogP contribution in [-0.4, -0.2) is 70.2 Å². The molecule has 0 bridgehead atoms. The van der Waals surface area contributed by atoms with Gasteiger partial charge in [-0.1, -0.05) is 0 Å². The van der Waals surface area contributed by atoms with Crippen LogP contribution >= 0.6 is 23.0 Å². The SMILES string of the molecule is Nc1ccn([C@H]2O[C@@H](COP(=O)(O)CP(=O)(O)OP(=O)(O)O)[C@H](O)[C@@H]2O)c(=O)n1. The Labute approximate surface area is 161 Å². The van der Waals surface area contributed by atoms with Gasteiger partial charge in [-0.2, -0.15) is 4.98 Å². The van der Waals surface area contributed by atoms with E-state index in [1.54, 1.807) is 0 Å². The van der Waals surface area contributed by atoms with Crippen LogP contribution in [0.5, 0.6) is 0 Å². The molecule has 0 amide bonds. The van der Waals surface area contributed by atoms with Crippen LogP contribution in [0.25, 0.3) is 0 Å². The van der Waals surface area contributed by atoms with E-state index in [2.05, 4.69) is 13.8 Å². The molecule has 1 aromatic rings. The van der Waals surface area contributed by atoms with Crippen molar-refractivity contribution in [3.8, 4) is 0 Å². The first-order chi connectivity index (χ1) is 13.1. The molecule has 0 saturated carbocycles. The third-order valence-electron chi connectivity index (χ3n) is 3.49. The zero-order valence-electron chi connectivity index (χ0n) is 14.2. The molecule has 6 atom stereocenters. The summed E-state index contributed by atoms with van der Waals surface area (Å²) in [4.78, 5) is 51.1. The average Bonchev–Trinajstić information content (AvgIpc) is 2.78. The molecule has 2 heterocycles. The fourth-order valence-corrected chi connectivity index (χ4v) is 6.88. The number of nitrogens with zero attached hydrogens (tertiary/aromatic N) is 2. The van der Waals surface area contributed by atoms with Crippen molar-refractivity contribution in [2.75, 3.05) is 18.2 Å². The Morgan fingerprint density at radius 2 is 1.76 bits per heavy atom. The van der Waals surface area contributed by atoms with Crippen LogP contribution in [0.3, 0.4) is 0 Å². The molecule has 19 heteroatoms. The molecular formula is C10H18N3O13P3. The van der Waals surface area contributed by atoms with E-state index in [-0.39, 0.29) is 5.82 Å². The predicted octanol–water partition coefficient (Wildman–Crippen LogP) is -2.10. The number of aromatic nitrogens is 2. The van der Waals surface area contributed by atoms with Crippen LogP contribution in [-0.2, 0) is 27.3 Å². The van der Waals surface area contributed by atoms with Gasteiger partial charge in [-0.25, -0.2) is 13.7 Å². The quantitative estimate of drug-likeness (QED) is 0.196. The van der Waals surface area contributed by atoms with Gasteiger partial charge in [0.05, 0.1) is 6.61 Å². The standard InChI is InChI=1S/C10H18N3O13P3/c11-6-1-2-13(10(16)12-6)9-8(15)7(14)5(25-9)3-24-27(17,18)4-28(19,20)26-29(21,22)23/h1-2,5,7-9,14-15H,3-4H2,(H,17,18)(H,19,20)(H2,11,12,16)(H2,21,22,23)/t5-,7-,8-,9-/m0/s1. The van der Waals surface area contributed by atoms with Crippen molar-refractivity contribution < 1.29 is 57.1 Å².